The monoisotopic (exact) mass is 449 g/mol. The Morgan fingerprint density at radius 3 is 2.39 bits per heavy atom. The van der Waals surface area contributed by atoms with Crippen LogP contribution in [0.25, 0.3) is 0 Å². The number of nitrogens with one attached hydrogen (secondary N) is 2. The third kappa shape index (κ3) is 10.1. The molecule has 0 aliphatic heterocycles. The number of rotatable bonds is 10. The summed E-state index contributed by atoms with van der Waals surface area (Å²) in [5.41, 5.74) is 8.44. The van der Waals surface area contributed by atoms with Crippen molar-refractivity contribution in [1.29, 1.82) is 5.41 Å². The van der Waals surface area contributed by atoms with Gasteiger partial charge in [0.2, 0.25) is 5.91 Å². The van der Waals surface area contributed by atoms with Crippen LogP contribution in [0.1, 0.15) is 54.2 Å². The van der Waals surface area contributed by atoms with Gasteiger partial charge in [0, 0.05) is 24.3 Å². The standard InChI is InChI=1S/C25H30N4O2.CH5N/c1-4-6-7-24(30)29(12-5-2)18-21-10-8-20(9-11-21)13-22-14-23(17-27-16-22)25(31)28-15-19(3)26;1-2/h5-12,14,16-17,26H,4,13,15,18H2,1-3H3,(H,28,31);2H2,1H3/b7-6+,12-5-,26-19?;. The Morgan fingerprint density at radius 2 is 1.79 bits per heavy atom. The molecule has 7 heteroatoms. The summed E-state index contributed by atoms with van der Waals surface area (Å²) in [6, 6.07) is 9.91. The van der Waals surface area contributed by atoms with E-state index < -0.39 is 0 Å². The highest BCUT2D eigenvalue weighted by molar-refractivity contribution is 5.96. The first-order chi connectivity index (χ1) is 15.9. The fourth-order valence-corrected chi connectivity index (χ4v) is 2.92. The second-order valence-corrected chi connectivity index (χ2v) is 7.30. The van der Waals surface area contributed by atoms with Crippen LogP contribution in [0.5, 0.6) is 0 Å². The lowest BCUT2D eigenvalue weighted by atomic mass is 10.0. The highest BCUT2D eigenvalue weighted by atomic mass is 16.2. The minimum atomic E-state index is -0.234. The van der Waals surface area contributed by atoms with E-state index in [4.69, 9.17) is 5.41 Å². The van der Waals surface area contributed by atoms with Crippen LogP contribution < -0.4 is 11.1 Å². The van der Waals surface area contributed by atoms with Gasteiger partial charge in [-0.25, -0.2) is 0 Å². The number of carbonyl (C=O) groups is 2. The number of nitrogens with zero attached hydrogens (tertiary/aromatic N) is 2. The molecular formula is C26H35N5O2. The van der Waals surface area contributed by atoms with Crippen molar-refractivity contribution in [2.45, 2.75) is 40.2 Å². The highest BCUT2D eigenvalue weighted by Gasteiger charge is 2.09. The van der Waals surface area contributed by atoms with Crippen molar-refractivity contribution in [3.63, 3.8) is 0 Å². The van der Waals surface area contributed by atoms with E-state index in [0.717, 1.165) is 23.1 Å². The summed E-state index contributed by atoms with van der Waals surface area (Å²) in [6.07, 6.45) is 11.9. The molecule has 0 radical (unpaired) electrons. The Bertz CT molecular complexity index is 965. The molecule has 7 nitrogen and oxygen atoms in total. The van der Waals surface area contributed by atoms with Crippen molar-refractivity contribution in [3.05, 3.63) is 89.4 Å². The third-order valence-corrected chi connectivity index (χ3v) is 4.46. The van der Waals surface area contributed by atoms with Gasteiger partial charge >= 0.3 is 0 Å². The Morgan fingerprint density at radius 1 is 1.12 bits per heavy atom. The second kappa shape index (κ2) is 15.3. The van der Waals surface area contributed by atoms with Gasteiger partial charge in [-0.1, -0.05) is 43.3 Å². The number of amides is 2. The zero-order valence-corrected chi connectivity index (χ0v) is 20.0. The zero-order chi connectivity index (χ0) is 24.6. The molecule has 0 bridgehead atoms. The molecular weight excluding hydrogens is 414 g/mol. The maximum Gasteiger partial charge on any atom is 0.253 e. The first kappa shape index (κ1) is 27.5. The molecule has 0 saturated carbocycles. The topological polar surface area (TPSA) is 112 Å². The normalized spacial score (nSPS) is 10.6. The molecule has 33 heavy (non-hydrogen) atoms. The Balaban J connectivity index is 0.00000265. The smallest absolute Gasteiger partial charge is 0.253 e. The zero-order valence-electron chi connectivity index (χ0n) is 20.0. The van der Waals surface area contributed by atoms with Gasteiger partial charge in [-0.15, -0.1) is 0 Å². The number of allylic oxidation sites excluding steroid dienone is 2. The summed E-state index contributed by atoms with van der Waals surface area (Å²) >= 11 is 0. The largest absolute Gasteiger partial charge is 0.347 e. The minimum Gasteiger partial charge on any atom is -0.347 e. The molecule has 176 valence electrons. The average molecular weight is 450 g/mol. The van der Waals surface area contributed by atoms with Gasteiger partial charge < -0.3 is 21.4 Å². The van der Waals surface area contributed by atoms with Gasteiger partial charge in [0.25, 0.3) is 5.91 Å². The van der Waals surface area contributed by atoms with Crippen molar-refractivity contribution in [2.24, 2.45) is 5.73 Å². The van der Waals surface area contributed by atoms with Gasteiger partial charge in [0.1, 0.15) is 0 Å². The third-order valence-electron chi connectivity index (χ3n) is 4.46. The molecule has 2 aromatic rings. The maximum absolute atomic E-state index is 12.3. The van der Waals surface area contributed by atoms with Crippen LogP contribution in [0.15, 0.2) is 67.2 Å². The molecule has 1 aromatic heterocycles. The first-order valence-corrected chi connectivity index (χ1v) is 10.9. The van der Waals surface area contributed by atoms with Gasteiger partial charge in [0.15, 0.2) is 0 Å². The van der Waals surface area contributed by atoms with Crippen molar-refractivity contribution < 1.29 is 9.59 Å². The predicted molar refractivity (Wildman–Crippen MR) is 134 cm³/mol. The molecule has 1 heterocycles. The molecule has 0 saturated heterocycles. The van der Waals surface area contributed by atoms with E-state index in [1.54, 1.807) is 30.3 Å². The molecule has 4 N–H and O–H groups in total. The highest BCUT2D eigenvalue weighted by Crippen LogP contribution is 2.14. The Labute approximate surface area is 196 Å². The molecule has 0 unspecified atom stereocenters. The second-order valence-electron chi connectivity index (χ2n) is 7.30. The van der Waals surface area contributed by atoms with Crippen molar-refractivity contribution in [2.75, 3.05) is 13.6 Å². The number of nitrogens with two attached hydrogens (primary N) is 1. The molecule has 0 aliphatic carbocycles. The lowest BCUT2D eigenvalue weighted by Crippen LogP contribution is -2.28. The summed E-state index contributed by atoms with van der Waals surface area (Å²) in [5, 5.41) is 10.1. The fraction of sp³-hybridized carbons (Fsp3) is 0.308. The molecule has 2 rings (SSSR count). The van der Waals surface area contributed by atoms with Crippen LogP contribution in [0.3, 0.4) is 0 Å². The van der Waals surface area contributed by atoms with Crippen molar-refractivity contribution in [1.82, 2.24) is 15.2 Å². The van der Waals surface area contributed by atoms with E-state index >= 15 is 0 Å². The summed E-state index contributed by atoms with van der Waals surface area (Å²) in [6.45, 7) is 6.26. The molecule has 0 fully saturated rings. The van der Waals surface area contributed by atoms with Gasteiger partial charge in [0.05, 0.1) is 18.7 Å². The van der Waals surface area contributed by atoms with E-state index in [0.29, 0.717) is 24.2 Å². The van der Waals surface area contributed by atoms with Crippen molar-refractivity contribution in [3.8, 4) is 0 Å². The molecule has 0 atom stereocenters. The first-order valence-electron chi connectivity index (χ1n) is 10.9. The van der Waals surface area contributed by atoms with E-state index in [9.17, 15) is 9.59 Å². The quantitative estimate of drug-likeness (QED) is 0.378. The van der Waals surface area contributed by atoms with E-state index in [2.05, 4.69) is 16.0 Å². The van der Waals surface area contributed by atoms with Gasteiger partial charge in [-0.3, -0.25) is 14.6 Å². The number of benzene rings is 1. The van der Waals surface area contributed by atoms with Gasteiger partial charge in [-0.2, -0.15) is 0 Å². The van der Waals surface area contributed by atoms with E-state index in [1.165, 1.54) is 13.2 Å². The fourth-order valence-electron chi connectivity index (χ4n) is 2.92. The van der Waals surface area contributed by atoms with Crippen LogP contribution in [0.4, 0.5) is 0 Å². The van der Waals surface area contributed by atoms with Crippen molar-refractivity contribution >= 4 is 17.5 Å². The molecule has 1 aromatic carbocycles. The van der Waals surface area contributed by atoms with Crippen LogP contribution >= 0.6 is 0 Å². The molecule has 0 spiro atoms. The lowest BCUT2D eigenvalue weighted by molar-refractivity contribution is -0.124. The van der Waals surface area contributed by atoms with E-state index in [1.807, 2.05) is 56.3 Å². The molecule has 2 amide bonds. The lowest BCUT2D eigenvalue weighted by Gasteiger charge is -2.17. The maximum atomic E-state index is 12.3. The van der Waals surface area contributed by atoms with E-state index in [-0.39, 0.29) is 18.4 Å². The average Bonchev–Trinajstić information content (AvgIpc) is 2.83. The number of carbonyl (C=O) groups excluding carboxylic acids is 2. The Kier molecular flexibility index (Phi) is 12.7. The Hall–Kier alpha value is -3.58. The number of hydrogen-bond donors (Lipinski definition) is 3. The summed E-state index contributed by atoms with van der Waals surface area (Å²) in [5.74, 6) is -0.273. The number of pyridine rings is 1. The van der Waals surface area contributed by atoms with Crippen LogP contribution in [0.2, 0.25) is 0 Å². The summed E-state index contributed by atoms with van der Waals surface area (Å²) < 4.78 is 0. The number of hydrogen-bond acceptors (Lipinski definition) is 5. The SMILES string of the molecule is C/C=C\N(Cc1ccc(Cc2cncc(C(=O)NCC(C)=N)c2)cc1)C(=O)/C=C/CC.CN. The van der Waals surface area contributed by atoms with Gasteiger partial charge in [-0.05, 0) is 62.6 Å². The summed E-state index contributed by atoms with van der Waals surface area (Å²) in [4.78, 5) is 30.4. The minimum absolute atomic E-state index is 0.0385. The van der Waals surface area contributed by atoms with Crippen LogP contribution in [-0.2, 0) is 17.8 Å². The van der Waals surface area contributed by atoms with Crippen LogP contribution in [0, 0.1) is 5.41 Å². The van der Waals surface area contributed by atoms with Crippen LogP contribution in [-0.4, -0.2) is 41.0 Å². The molecule has 0 aliphatic rings. The number of aromatic nitrogens is 1. The predicted octanol–water partition coefficient (Wildman–Crippen LogP) is 3.85. The summed E-state index contributed by atoms with van der Waals surface area (Å²) in [7, 11) is 1.50.